The van der Waals surface area contributed by atoms with Gasteiger partial charge in [0.2, 0.25) is 0 Å². The van der Waals surface area contributed by atoms with Gasteiger partial charge in [0.15, 0.2) is 0 Å². The van der Waals surface area contributed by atoms with Crippen LogP contribution in [0.15, 0.2) is 59.5 Å². The van der Waals surface area contributed by atoms with Gasteiger partial charge in [-0.25, -0.2) is 8.70 Å². The molecule has 1 aliphatic rings. The van der Waals surface area contributed by atoms with E-state index in [1.165, 1.54) is 44.9 Å². The van der Waals surface area contributed by atoms with Crippen LogP contribution in [0, 0.1) is 12.8 Å². The molecule has 0 bridgehead atoms. The molecule has 31 heavy (non-hydrogen) atoms. The molecule has 164 valence electrons. The highest BCUT2D eigenvalue weighted by Gasteiger charge is 2.23. The SMILES string of the molecule is CCC1Cc2ccccc2SN(Cc2cc(C(CC)c3ccc(CF)s3)ccc2C)C1. The minimum atomic E-state index is -0.369. The largest absolute Gasteiger partial charge is 0.245 e. The summed E-state index contributed by atoms with van der Waals surface area (Å²) in [5.41, 5.74) is 5.59. The van der Waals surface area contributed by atoms with Gasteiger partial charge in [0.25, 0.3) is 0 Å². The van der Waals surface area contributed by atoms with Gasteiger partial charge in [-0.3, -0.25) is 0 Å². The molecule has 0 radical (unpaired) electrons. The summed E-state index contributed by atoms with van der Waals surface area (Å²) in [6, 6.07) is 19.9. The second kappa shape index (κ2) is 10.3. The standard InChI is InChI=1S/C27H32FNS2/c1-4-20-14-22-8-6-7-9-26(22)31-29(17-20)18-23-15-21(11-10-19(23)3)25(5-2)27-13-12-24(16-28)30-27/h6-13,15,20,25H,4-5,14,16-18H2,1-3H3. The van der Waals surface area contributed by atoms with Crippen molar-refractivity contribution in [2.24, 2.45) is 5.92 Å². The average Bonchev–Trinajstić information content (AvgIpc) is 3.18. The van der Waals surface area contributed by atoms with Crippen LogP contribution in [0.1, 0.15) is 64.6 Å². The van der Waals surface area contributed by atoms with E-state index in [0.29, 0.717) is 11.8 Å². The van der Waals surface area contributed by atoms with E-state index in [1.54, 1.807) is 11.3 Å². The maximum atomic E-state index is 13.1. The number of hydrogen-bond acceptors (Lipinski definition) is 3. The second-order valence-electron chi connectivity index (χ2n) is 8.58. The van der Waals surface area contributed by atoms with E-state index in [2.05, 4.69) is 73.6 Å². The quantitative estimate of drug-likeness (QED) is 0.332. The van der Waals surface area contributed by atoms with Crippen molar-refractivity contribution in [2.75, 3.05) is 6.54 Å². The number of alkyl halides is 1. The topological polar surface area (TPSA) is 3.24 Å². The molecule has 1 aliphatic heterocycles. The number of nitrogens with zero attached hydrogens (tertiary/aromatic N) is 1. The number of hydrogen-bond donors (Lipinski definition) is 0. The number of fused-ring (bicyclic) bond motifs is 1. The molecular formula is C27H32FNS2. The Kier molecular flexibility index (Phi) is 7.52. The Balaban J connectivity index is 1.59. The van der Waals surface area contributed by atoms with Crippen LogP contribution in [0.4, 0.5) is 4.39 Å². The lowest BCUT2D eigenvalue weighted by atomic mass is 9.92. The molecule has 4 rings (SSSR count). The van der Waals surface area contributed by atoms with Gasteiger partial charge in [-0.2, -0.15) is 0 Å². The minimum absolute atomic E-state index is 0.338. The predicted octanol–water partition coefficient (Wildman–Crippen LogP) is 8.16. The molecular weight excluding hydrogens is 421 g/mol. The van der Waals surface area contributed by atoms with Gasteiger partial charge in [0, 0.05) is 33.7 Å². The summed E-state index contributed by atoms with van der Waals surface area (Å²) in [5.74, 6) is 1.03. The van der Waals surface area contributed by atoms with Gasteiger partial charge in [0.05, 0.1) is 0 Å². The molecule has 2 unspecified atom stereocenters. The van der Waals surface area contributed by atoms with Crippen LogP contribution in [0.3, 0.4) is 0 Å². The highest BCUT2D eigenvalue weighted by molar-refractivity contribution is 7.97. The number of benzene rings is 2. The van der Waals surface area contributed by atoms with Gasteiger partial charge >= 0.3 is 0 Å². The summed E-state index contributed by atoms with van der Waals surface area (Å²) >= 11 is 3.53. The van der Waals surface area contributed by atoms with E-state index >= 15 is 0 Å². The van der Waals surface area contributed by atoms with E-state index < -0.39 is 0 Å². The Morgan fingerprint density at radius 3 is 2.68 bits per heavy atom. The van der Waals surface area contributed by atoms with Crippen LogP contribution in [0.25, 0.3) is 0 Å². The lowest BCUT2D eigenvalue weighted by molar-refractivity contribution is 0.361. The molecule has 2 atom stereocenters. The first-order valence-corrected chi connectivity index (χ1v) is 12.9. The second-order valence-corrected chi connectivity index (χ2v) is 10.9. The molecule has 0 saturated carbocycles. The Hall–Kier alpha value is -1.62. The number of aryl methyl sites for hydroxylation is 1. The van der Waals surface area contributed by atoms with Gasteiger partial charge in [-0.15, -0.1) is 11.3 Å². The third-order valence-corrected chi connectivity index (χ3v) is 8.73. The maximum absolute atomic E-state index is 13.1. The highest BCUT2D eigenvalue weighted by Crippen LogP contribution is 2.37. The zero-order valence-corrected chi connectivity index (χ0v) is 20.4. The van der Waals surface area contributed by atoms with Crippen LogP contribution < -0.4 is 0 Å². The van der Waals surface area contributed by atoms with Crippen molar-refractivity contribution in [3.63, 3.8) is 0 Å². The first-order chi connectivity index (χ1) is 15.1. The van der Waals surface area contributed by atoms with Crippen molar-refractivity contribution in [1.82, 2.24) is 4.31 Å². The summed E-state index contributed by atoms with van der Waals surface area (Å²) in [5, 5.41) is 0. The van der Waals surface area contributed by atoms with Crippen LogP contribution in [-0.2, 0) is 19.6 Å². The van der Waals surface area contributed by atoms with Gasteiger partial charge in [0.1, 0.15) is 6.67 Å². The Morgan fingerprint density at radius 2 is 1.94 bits per heavy atom. The lowest BCUT2D eigenvalue weighted by Crippen LogP contribution is -2.22. The zero-order chi connectivity index (χ0) is 21.8. The first-order valence-electron chi connectivity index (χ1n) is 11.4. The molecule has 0 amide bonds. The summed E-state index contributed by atoms with van der Waals surface area (Å²) in [4.78, 5) is 3.50. The fourth-order valence-corrected chi connectivity index (χ4v) is 6.74. The number of rotatable bonds is 7. The van der Waals surface area contributed by atoms with Crippen molar-refractivity contribution in [3.05, 3.63) is 86.6 Å². The number of halogens is 1. The molecule has 2 heterocycles. The lowest BCUT2D eigenvalue weighted by Gasteiger charge is -2.24. The Bertz CT molecular complexity index is 1010. The van der Waals surface area contributed by atoms with Crippen molar-refractivity contribution < 1.29 is 4.39 Å². The molecule has 1 nitrogen and oxygen atoms in total. The van der Waals surface area contributed by atoms with E-state index in [0.717, 1.165) is 24.4 Å². The summed E-state index contributed by atoms with van der Waals surface area (Å²) in [7, 11) is 0. The molecule has 0 spiro atoms. The van der Waals surface area contributed by atoms with Crippen molar-refractivity contribution in [2.45, 2.75) is 64.1 Å². The average molecular weight is 454 g/mol. The molecule has 0 aliphatic carbocycles. The van der Waals surface area contributed by atoms with E-state index in [1.807, 2.05) is 18.0 Å². The fourth-order valence-electron chi connectivity index (χ4n) is 4.49. The fraction of sp³-hybridized carbons (Fsp3) is 0.407. The monoisotopic (exact) mass is 453 g/mol. The first kappa shape index (κ1) is 22.6. The molecule has 0 fully saturated rings. The van der Waals surface area contributed by atoms with Crippen LogP contribution in [-0.4, -0.2) is 10.8 Å². The molecule has 3 aromatic rings. The van der Waals surface area contributed by atoms with Crippen LogP contribution in [0.2, 0.25) is 0 Å². The van der Waals surface area contributed by atoms with Crippen LogP contribution in [0.5, 0.6) is 0 Å². The summed E-state index contributed by atoms with van der Waals surface area (Å²) < 4.78 is 15.6. The van der Waals surface area contributed by atoms with E-state index in [4.69, 9.17) is 0 Å². The summed E-state index contributed by atoms with van der Waals surface area (Å²) in [6.07, 6.45) is 3.40. The third kappa shape index (κ3) is 5.24. The van der Waals surface area contributed by atoms with Crippen molar-refractivity contribution >= 4 is 23.3 Å². The van der Waals surface area contributed by atoms with Gasteiger partial charge < -0.3 is 0 Å². The normalized spacial score (nSPS) is 17.9. The molecule has 0 N–H and O–H groups in total. The molecule has 1 aromatic heterocycles. The zero-order valence-electron chi connectivity index (χ0n) is 18.7. The molecule has 4 heteroatoms. The van der Waals surface area contributed by atoms with Crippen LogP contribution >= 0.6 is 23.3 Å². The smallest absolute Gasteiger partial charge is 0.124 e. The molecule has 0 saturated heterocycles. The Morgan fingerprint density at radius 1 is 1.10 bits per heavy atom. The van der Waals surface area contributed by atoms with Gasteiger partial charge in [-0.05, 0) is 78.1 Å². The van der Waals surface area contributed by atoms with Crippen molar-refractivity contribution in [1.29, 1.82) is 0 Å². The van der Waals surface area contributed by atoms with E-state index in [-0.39, 0.29) is 6.67 Å². The third-order valence-electron chi connectivity index (χ3n) is 6.44. The Labute approximate surface area is 194 Å². The van der Waals surface area contributed by atoms with Gasteiger partial charge in [-0.1, -0.05) is 56.7 Å². The summed E-state index contributed by atoms with van der Waals surface area (Å²) in [6.45, 7) is 8.46. The van der Waals surface area contributed by atoms with E-state index in [9.17, 15) is 4.39 Å². The predicted molar refractivity (Wildman–Crippen MR) is 133 cm³/mol. The highest BCUT2D eigenvalue weighted by atomic mass is 32.2. The van der Waals surface area contributed by atoms with Crippen molar-refractivity contribution in [3.8, 4) is 0 Å². The maximum Gasteiger partial charge on any atom is 0.124 e. The molecule has 2 aromatic carbocycles. The number of thiophene rings is 1. The minimum Gasteiger partial charge on any atom is -0.245 e.